The minimum atomic E-state index is 0.970. The number of aromatic nitrogens is 4. The second-order valence-electron chi connectivity index (χ2n) is 10.4. The van der Waals surface area contributed by atoms with E-state index in [1.54, 1.807) is 6.20 Å². The lowest BCUT2D eigenvalue weighted by Gasteiger charge is -2.13. The largest absolute Gasteiger partial charge is 0.256 e. The van der Waals surface area contributed by atoms with Crippen LogP contribution < -0.4 is 0 Å². The Kier molecular flexibility index (Phi) is 6.57. The Bertz CT molecular complexity index is 2050. The van der Waals surface area contributed by atoms with Gasteiger partial charge in [-0.3, -0.25) is 19.9 Å². The monoisotopic (exact) mass is 540 g/mol. The standard InChI is InChI=1S/C26H20N2.C12H8N2/c1-17-15-23(19-9-5-3-6-10-19)21-13-14-22-24(20-11-7-4-8-12-20)16-18(2)28-26(22)25(21)27-17;1-3-9-5-6-11-10(4-2-7-13-11)12(9)14-8-1/h3-16H,1-2H3;1-8H. The van der Waals surface area contributed by atoms with Crippen LogP contribution in [-0.4, -0.2) is 19.9 Å². The molecule has 0 amide bonds. The average molecular weight is 541 g/mol. The summed E-state index contributed by atoms with van der Waals surface area (Å²) in [6.45, 7) is 4.11. The summed E-state index contributed by atoms with van der Waals surface area (Å²) >= 11 is 0. The highest BCUT2D eigenvalue weighted by Crippen LogP contribution is 2.36. The highest BCUT2D eigenvalue weighted by Gasteiger charge is 2.14. The quantitative estimate of drug-likeness (QED) is 0.205. The number of rotatable bonds is 2. The number of aryl methyl sites for hydroxylation is 2. The predicted octanol–water partition coefficient (Wildman–Crippen LogP) is 9.52. The van der Waals surface area contributed by atoms with E-state index in [2.05, 4.69) is 115 Å². The summed E-state index contributed by atoms with van der Waals surface area (Å²) in [5.41, 5.74) is 10.8. The van der Waals surface area contributed by atoms with Crippen molar-refractivity contribution < 1.29 is 0 Å². The Morgan fingerprint density at radius 3 is 1.57 bits per heavy atom. The maximum Gasteiger partial charge on any atom is 0.0974 e. The van der Waals surface area contributed by atoms with Crippen molar-refractivity contribution in [2.24, 2.45) is 0 Å². The van der Waals surface area contributed by atoms with E-state index in [9.17, 15) is 0 Å². The molecular formula is C38H28N4. The van der Waals surface area contributed by atoms with Crippen molar-refractivity contribution >= 4 is 43.6 Å². The topological polar surface area (TPSA) is 51.6 Å². The van der Waals surface area contributed by atoms with Gasteiger partial charge in [-0.05, 0) is 72.5 Å². The smallest absolute Gasteiger partial charge is 0.0974 e. The van der Waals surface area contributed by atoms with Crippen LogP contribution in [0.15, 0.2) is 134 Å². The van der Waals surface area contributed by atoms with Gasteiger partial charge in [0, 0.05) is 45.3 Å². The first-order valence-electron chi connectivity index (χ1n) is 14.1. The van der Waals surface area contributed by atoms with Crippen molar-refractivity contribution in [1.29, 1.82) is 0 Å². The molecule has 0 spiro atoms. The van der Waals surface area contributed by atoms with Gasteiger partial charge >= 0.3 is 0 Å². The van der Waals surface area contributed by atoms with Crippen LogP contribution in [0.4, 0.5) is 0 Å². The van der Waals surface area contributed by atoms with Crippen molar-refractivity contribution in [3.05, 3.63) is 145 Å². The normalized spacial score (nSPS) is 11.1. The first-order valence-corrected chi connectivity index (χ1v) is 14.1. The lowest BCUT2D eigenvalue weighted by atomic mass is 9.95. The molecular weight excluding hydrogens is 512 g/mol. The minimum absolute atomic E-state index is 0.970. The van der Waals surface area contributed by atoms with Crippen molar-refractivity contribution in [2.45, 2.75) is 13.8 Å². The SMILES string of the molecule is Cc1cc(-c2ccccc2)c2ccc3c(-c4ccccc4)cc(C)nc3c2n1.c1cnc2c(c1)ccc1ncccc12. The van der Waals surface area contributed by atoms with E-state index in [1.807, 2.05) is 36.5 Å². The highest BCUT2D eigenvalue weighted by atomic mass is 14.8. The summed E-state index contributed by atoms with van der Waals surface area (Å²) in [5.74, 6) is 0. The van der Waals surface area contributed by atoms with Crippen LogP contribution >= 0.6 is 0 Å². The minimum Gasteiger partial charge on any atom is -0.256 e. The fraction of sp³-hybridized carbons (Fsp3) is 0.0526. The van der Waals surface area contributed by atoms with Crippen molar-refractivity contribution in [3.63, 3.8) is 0 Å². The van der Waals surface area contributed by atoms with Gasteiger partial charge in [0.25, 0.3) is 0 Å². The van der Waals surface area contributed by atoms with Crippen molar-refractivity contribution in [2.75, 3.05) is 0 Å². The van der Waals surface area contributed by atoms with Gasteiger partial charge < -0.3 is 0 Å². The molecule has 0 aliphatic carbocycles. The summed E-state index contributed by atoms with van der Waals surface area (Å²) in [6, 6.07) is 41.8. The third kappa shape index (κ3) is 4.73. The zero-order valence-corrected chi connectivity index (χ0v) is 23.5. The van der Waals surface area contributed by atoms with Gasteiger partial charge in [-0.1, -0.05) is 84.9 Å². The highest BCUT2D eigenvalue weighted by molar-refractivity contribution is 6.12. The molecule has 200 valence electrons. The second kappa shape index (κ2) is 10.8. The molecule has 0 saturated carbocycles. The van der Waals surface area contributed by atoms with E-state index in [0.29, 0.717) is 0 Å². The molecule has 4 aromatic heterocycles. The summed E-state index contributed by atoms with van der Waals surface area (Å²) in [4.78, 5) is 18.5. The van der Waals surface area contributed by atoms with Crippen LogP contribution in [0.25, 0.3) is 65.9 Å². The van der Waals surface area contributed by atoms with E-state index in [4.69, 9.17) is 9.97 Å². The average Bonchev–Trinajstić information content (AvgIpc) is 3.05. The van der Waals surface area contributed by atoms with Crippen LogP contribution in [0.5, 0.6) is 0 Å². The molecule has 4 aromatic carbocycles. The van der Waals surface area contributed by atoms with E-state index in [-0.39, 0.29) is 0 Å². The molecule has 0 N–H and O–H groups in total. The van der Waals surface area contributed by atoms with Crippen molar-refractivity contribution in [3.8, 4) is 22.3 Å². The molecule has 42 heavy (non-hydrogen) atoms. The predicted molar refractivity (Wildman–Crippen MR) is 174 cm³/mol. The molecule has 0 atom stereocenters. The van der Waals surface area contributed by atoms with E-state index in [1.165, 1.54) is 22.3 Å². The van der Waals surface area contributed by atoms with E-state index < -0.39 is 0 Å². The van der Waals surface area contributed by atoms with Gasteiger partial charge in [-0.2, -0.15) is 0 Å². The molecule has 4 heterocycles. The molecule has 8 aromatic rings. The van der Waals surface area contributed by atoms with Gasteiger partial charge in [-0.15, -0.1) is 0 Å². The zero-order chi connectivity index (χ0) is 28.5. The molecule has 0 saturated heterocycles. The molecule has 0 aliphatic heterocycles. The van der Waals surface area contributed by atoms with Gasteiger partial charge in [0.05, 0.1) is 22.1 Å². The summed E-state index contributed by atoms with van der Waals surface area (Å²) < 4.78 is 0. The van der Waals surface area contributed by atoms with Crippen molar-refractivity contribution in [1.82, 2.24) is 19.9 Å². The number of nitrogens with zero attached hydrogens (tertiary/aromatic N) is 4. The molecule has 0 unspecified atom stereocenters. The first kappa shape index (κ1) is 25.5. The van der Waals surface area contributed by atoms with Gasteiger partial charge in [0.1, 0.15) is 0 Å². The van der Waals surface area contributed by atoms with Crippen LogP contribution in [0.3, 0.4) is 0 Å². The lowest BCUT2D eigenvalue weighted by Crippen LogP contribution is -1.94. The number of hydrogen-bond acceptors (Lipinski definition) is 4. The third-order valence-electron chi connectivity index (χ3n) is 7.54. The molecule has 0 aliphatic rings. The van der Waals surface area contributed by atoms with Crippen LogP contribution in [-0.2, 0) is 0 Å². The summed E-state index contributed by atoms with van der Waals surface area (Å²) in [6.07, 6.45) is 3.62. The van der Waals surface area contributed by atoms with E-state index >= 15 is 0 Å². The van der Waals surface area contributed by atoms with Gasteiger partial charge in [0.2, 0.25) is 0 Å². The fourth-order valence-corrected chi connectivity index (χ4v) is 5.64. The van der Waals surface area contributed by atoms with Gasteiger partial charge in [0.15, 0.2) is 0 Å². The van der Waals surface area contributed by atoms with Gasteiger partial charge in [-0.25, -0.2) is 0 Å². The molecule has 4 heteroatoms. The molecule has 0 bridgehead atoms. The summed E-state index contributed by atoms with van der Waals surface area (Å²) in [7, 11) is 0. The molecule has 0 fully saturated rings. The Balaban J connectivity index is 0.000000171. The zero-order valence-electron chi connectivity index (χ0n) is 23.5. The van der Waals surface area contributed by atoms with Crippen LogP contribution in [0.1, 0.15) is 11.4 Å². The number of hydrogen-bond donors (Lipinski definition) is 0. The molecule has 4 nitrogen and oxygen atoms in total. The lowest BCUT2D eigenvalue weighted by molar-refractivity contribution is 1.23. The third-order valence-corrected chi connectivity index (χ3v) is 7.54. The number of pyridine rings is 4. The number of fused-ring (bicyclic) bond motifs is 6. The van der Waals surface area contributed by atoms with E-state index in [0.717, 1.165) is 55.0 Å². The fourth-order valence-electron chi connectivity index (χ4n) is 5.64. The molecule has 0 radical (unpaired) electrons. The first-order chi connectivity index (χ1) is 20.7. The molecule has 8 rings (SSSR count). The Labute approximate surface area is 244 Å². The Morgan fingerprint density at radius 2 is 0.976 bits per heavy atom. The van der Waals surface area contributed by atoms with Crippen LogP contribution in [0.2, 0.25) is 0 Å². The summed E-state index contributed by atoms with van der Waals surface area (Å²) in [5, 5.41) is 4.56. The maximum absolute atomic E-state index is 4.90. The number of benzene rings is 4. The second-order valence-corrected chi connectivity index (χ2v) is 10.4. The Hall–Kier alpha value is -5.48. The maximum atomic E-state index is 4.90. The Morgan fingerprint density at radius 1 is 0.429 bits per heavy atom. The van der Waals surface area contributed by atoms with Crippen LogP contribution in [0, 0.1) is 13.8 Å².